The Balaban J connectivity index is -0.0000000371. The van der Waals surface area contributed by atoms with Crippen molar-refractivity contribution in [2.75, 3.05) is 14.1 Å². The number of ketones is 2. The van der Waals surface area contributed by atoms with Crippen LogP contribution in [0.25, 0.3) is 0 Å². The number of Topliss-reactive ketones (excluding diaryl/α,β-unsaturated/α-hetero) is 1. The van der Waals surface area contributed by atoms with E-state index in [2.05, 4.69) is 71.8 Å². The number of nitrogens with zero attached hydrogens (tertiary/aromatic N) is 1. The second kappa shape index (κ2) is 41.4. The van der Waals surface area contributed by atoms with E-state index in [1.807, 2.05) is 12.8 Å². The van der Waals surface area contributed by atoms with E-state index in [0.717, 1.165) is 0 Å². The molecule has 0 radical (unpaired) electrons. The zero-order valence-electron chi connectivity index (χ0n) is 16.9. The van der Waals surface area contributed by atoms with E-state index >= 15 is 0 Å². The smallest absolute Gasteiger partial charge is 1.00 e. The Morgan fingerprint density at radius 1 is 1.04 bits per heavy atom. The third-order valence-electron chi connectivity index (χ3n) is 1.33. The Morgan fingerprint density at radius 3 is 1.30 bits per heavy atom. The van der Waals surface area contributed by atoms with Crippen LogP contribution in [0, 0.1) is 24.2 Å². The molecule has 0 rings (SSSR count). The topological polar surface area (TPSA) is 54.5 Å². The molecule has 0 saturated carbocycles. The predicted molar refractivity (Wildman–Crippen MR) is 136 cm³/mol. The summed E-state index contributed by atoms with van der Waals surface area (Å²) in [4.78, 5) is 31.1. The first kappa shape index (κ1) is 46.3. The summed E-state index contributed by atoms with van der Waals surface area (Å²) in [5, 5.41) is 0. The summed E-state index contributed by atoms with van der Waals surface area (Å²) in [6.45, 7) is 9.50. The first-order valence-electron chi connectivity index (χ1n) is 6.69. The van der Waals surface area contributed by atoms with Crippen LogP contribution in [0.1, 0.15) is 49.0 Å². The number of rotatable bonds is 1. The average Bonchev–Trinajstić information content (AvgIpc) is 2.39. The Kier molecular flexibility index (Phi) is 71.0. The van der Waals surface area contributed by atoms with Gasteiger partial charge >= 0.3 is 83.7 Å². The normalized spacial score (nSPS) is 6.78. The van der Waals surface area contributed by atoms with Gasteiger partial charge in [0.15, 0.2) is 5.78 Å². The molecule has 9 heteroatoms. The van der Waals surface area contributed by atoms with Crippen LogP contribution < -0.4 is 18.9 Å². The maximum Gasteiger partial charge on any atom is 1.00 e. The van der Waals surface area contributed by atoms with Crippen molar-refractivity contribution in [2.24, 2.45) is 0 Å². The molecule has 0 aliphatic rings. The maximum atomic E-state index is 10.1. The van der Waals surface area contributed by atoms with Crippen LogP contribution >= 0.6 is 59.9 Å². The third kappa shape index (κ3) is 139. The first-order chi connectivity index (χ1) is 11.3. The fraction of sp³-hybridized carbons (Fsp3) is 0.500. The molecule has 0 aliphatic heterocycles. The number of amides is 1. The molecule has 0 heterocycles. The second-order valence-electron chi connectivity index (χ2n) is 3.90. The predicted octanol–water partition coefficient (Wildman–Crippen LogP) is 2.74. The van der Waals surface area contributed by atoms with Crippen LogP contribution in [-0.2, 0) is 19.3 Å². The third-order valence-corrected chi connectivity index (χ3v) is 1.33. The van der Waals surface area contributed by atoms with Crippen molar-refractivity contribution in [3.05, 3.63) is 18.6 Å². The van der Waals surface area contributed by atoms with E-state index in [0.29, 0.717) is 0 Å². The molecule has 0 bridgehead atoms. The summed E-state index contributed by atoms with van der Waals surface area (Å²) in [7, 11) is 3.45. The first-order valence-corrected chi connectivity index (χ1v) is 20.2. The molecule has 0 atom stereocenters. The van der Waals surface area contributed by atoms with E-state index in [4.69, 9.17) is 6.42 Å². The number of halogens is 3. The van der Waals surface area contributed by atoms with Gasteiger partial charge in [-0.1, -0.05) is 19.4 Å². The van der Waals surface area contributed by atoms with Crippen molar-refractivity contribution in [2.45, 2.75) is 49.0 Å². The quantitative estimate of drug-likeness (QED) is 0.104. The summed E-state index contributed by atoms with van der Waals surface area (Å²) in [6.07, 6.45) is 9.21. The molecule has 0 N–H and O–H groups in total. The molecule has 0 aliphatic carbocycles. The largest absolute Gasteiger partial charge is 1.00 e. The minimum atomic E-state index is -0.278. The van der Waals surface area contributed by atoms with Gasteiger partial charge in [0.2, 0.25) is 11.7 Å². The van der Waals surface area contributed by atoms with Crippen molar-refractivity contribution in [1.82, 2.24) is 4.90 Å². The van der Waals surface area contributed by atoms with Gasteiger partial charge in [-0.3, -0.25) is 14.4 Å². The molecule has 0 aromatic rings. The van der Waals surface area contributed by atoms with Crippen molar-refractivity contribution in [3.63, 3.8) is 0 Å². The van der Waals surface area contributed by atoms with Crippen LogP contribution in [0.15, 0.2) is 12.2 Å². The molecule has 1 amide bonds. The zero-order chi connectivity index (χ0) is 21.4. The minimum absolute atomic E-state index is 0. The fourth-order valence-corrected chi connectivity index (χ4v) is 0.411. The van der Waals surface area contributed by atoms with Gasteiger partial charge < -0.3 is 17.2 Å². The standard InChI is InChI=1S/C5H8O.C5H6O.C4H9NO.C3H3.CH4.3HI.Li.V/c2*1-3-4-5(2)6;1-4(6)5(2)3;1-3-2;;;;;;/h3-4H,1-2H3;1-2H3;1-3H3;1H3;1H4;3*1H;;/q;;;-1;;;;;+1;+3/p-3. The van der Waals surface area contributed by atoms with Gasteiger partial charge in [0.1, 0.15) is 0 Å². The van der Waals surface area contributed by atoms with Gasteiger partial charge in [0.05, 0.1) is 0 Å². The van der Waals surface area contributed by atoms with E-state index < -0.39 is 0 Å². The van der Waals surface area contributed by atoms with Crippen LogP contribution in [0.4, 0.5) is 0 Å². The molecule has 0 saturated heterocycles. The zero-order valence-corrected chi connectivity index (χ0v) is 24.8. The summed E-state index contributed by atoms with van der Waals surface area (Å²) < 4.78 is 0. The summed E-state index contributed by atoms with van der Waals surface area (Å²) in [6, 6.07) is 0. The SMILES string of the molecule is C.CC#CC(C)=O.CC(=O)N(C)C.CC=CC(C)=O.[C-]#CC.[I][V]([I])[I].[Li+]. The van der Waals surface area contributed by atoms with Crippen LogP contribution in [-0.4, -0.2) is 36.5 Å². The molecule has 0 aromatic carbocycles. The Hall–Kier alpha value is 1.04. The molecule has 152 valence electrons. The van der Waals surface area contributed by atoms with Crippen LogP contribution in [0.3, 0.4) is 0 Å². The van der Waals surface area contributed by atoms with Crippen LogP contribution in [0.2, 0.25) is 0 Å². The molecular weight excluding hydrogens is 717 g/mol. The number of hydrogen-bond donors (Lipinski definition) is 0. The Morgan fingerprint density at radius 2 is 1.30 bits per heavy atom. The van der Waals surface area contributed by atoms with E-state index in [1.54, 1.807) is 34.0 Å². The Bertz CT molecular complexity index is 478. The van der Waals surface area contributed by atoms with E-state index in [1.165, 1.54) is 31.7 Å². The maximum absolute atomic E-state index is 10.1. The summed E-state index contributed by atoms with van der Waals surface area (Å²) >= 11 is 7.39. The van der Waals surface area contributed by atoms with E-state index in [-0.39, 0.29) is 48.7 Å². The molecule has 27 heavy (non-hydrogen) atoms. The summed E-state index contributed by atoms with van der Waals surface area (Å²) in [5.41, 5.74) is 0. The number of carbonyl (C=O) groups excluding carboxylic acids is 3. The average molecular weight is 747 g/mol. The van der Waals surface area contributed by atoms with E-state index in [9.17, 15) is 14.4 Å². The van der Waals surface area contributed by atoms with Crippen LogP contribution in [0.5, 0.6) is 0 Å². The van der Waals surface area contributed by atoms with Gasteiger partial charge in [0, 0.05) is 27.9 Å². The van der Waals surface area contributed by atoms with Gasteiger partial charge in [-0.05, 0) is 39.7 Å². The van der Waals surface area contributed by atoms with Crippen molar-refractivity contribution < 1.29 is 38.2 Å². The minimum Gasteiger partial charge on any atom is 1.00 e. The number of carbonyl (C=O) groups is 3. The molecule has 0 fully saturated rings. The second-order valence-corrected chi connectivity index (χ2v) is 39.3. The molecule has 0 unspecified atom stereocenters. The van der Waals surface area contributed by atoms with Gasteiger partial charge in [-0.25, -0.2) is 0 Å². The fourth-order valence-electron chi connectivity index (χ4n) is 0.411. The van der Waals surface area contributed by atoms with Gasteiger partial charge in [-0.2, -0.15) is 0 Å². The van der Waals surface area contributed by atoms with Crippen molar-refractivity contribution in [1.29, 1.82) is 0 Å². The van der Waals surface area contributed by atoms with Gasteiger partial charge in [0.25, 0.3) is 0 Å². The summed E-state index contributed by atoms with van der Waals surface area (Å²) in [5.74, 6) is 6.92. The molecular formula is C18H30I3LiNO3V. The Labute approximate surface area is 217 Å². The molecule has 0 aromatic heterocycles. The molecule has 0 spiro atoms. The number of allylic oxidation sites excluding steroid dienone is 2. The van der Waals surface area contributed by atoms with Crippen molar-refractivity contribution >= 4 is 77.4 Å². The van der Waals surface area contributed by atoms with Gasteiger partial charge in [-0.15, -0.1) is 0 Å². The van der Waals surface area contributed by atoms with Crippen molar-refractivity contribution in [3.8, 4) is 17.8 Å². The number of hydrogen-bond acceptors (Lipinski definition) is 3. The molecule has 4 nitrogen and oxygen atoms in total. The monoisotopic (exact) mass is 747 g/mol.